The number of aromatic nitrogens is 1. The fraction of sp³-hybridized carbons (Fsp3) is 0.316. The molecule has 0 saturated heterocycles. The summed E-state index contributed by atoms with van der Waals surface area (Å²) < 4.78 is 7.51. The molecule has 2 aromatic heterocycles. The van der Waals surface area contributed by atoms with Crippen molar-refractivity contribution in [3.05, 3.63) is 60.0 Å². The van der Waals surface area contributed by atoms with Crippen molar-refractivity contribution in [2.75, 3.05) is 0 Å². The quantitative estimate of drug-likeness (QED) is 0.727. The van der Waals surface area contributed by atoms with Crippen molar-refractivity contribution < 1.29 is 9.21 Å². The fourth-order valence-corrected chi connectivity index (χ4v) is 2.82. The van der Waals surface area contributed by atoms with Crippen LogP contribution in [-0.4, -0.2) is 10.5 Å². The molecule has 1 unspecified atom stereocenters. The van der Waals surface area contributed by atoms with Crippen molar-refractivity contribution in [1.82, 2.24) is 9.88 Å². The van der Waals surface area contributed by atoms with Gasteiger partial charge in [-0.3, -0.25) is 4.79 Å². The van der Waals surface area contributed by atoms with Crippen LogP contribution in [0.2, 0.25) is 0 Å². The van der Waals surface area contributed by atoms with Crippen LogP contribution in [0.4, 0.5) is 0 Å². The van der Waals surface area contributed by atoms with E-state index in [4.69, 9.17) is 4.42 Å². The van der Waals surface area contributed by atoms with Gasteiger partial charge in [-0.1, -0.05) is 43.7 Å². The predicted octanol–water partition coefficient (Wildman–Crippen LogP) is 4.53. The molecule has 3 rings (SSSR count). The summed E-state index contributed by atoms with van der Waals surface area (Å²) in [7, 11) is 0. The summed E-state index contributed by atoms with van der Waals surface area (Å²) in [5.74, 6) is -0.0659. The number of rotatable bonds is 6. The molecular weight excluding hydrogens is 288 g/mol. The number of hydrogen-bond acceptors (Lipinski definition) is 2. The lowest BCUT2D eigenvalue weighted by atomic mass is 10.1. The number of nitrogens with zero attached hydrogens (tertiary/aromatic N) is 1. The zero-order chi connectivity index (χ0) is 16.2. The number of carbonyl (C=O) groups excluding carboxylic acids is 1. The lowest BCUT2D eigenvalue weighted by molar-refractivity contribution is 0.0930. The predicted molar refractivity (Wildman–Crippen MR) is 91.4 cm³/mol. The van der Waals surface area contributed by atoms with E-state index in [-0.39, 0.29) is 11.9 Å². The van der Waals surface area contributed by atoms with Gasteiger partial charge in [-0.2, -0.15) is 0 Å². The van der Waals surface area contributed by atoms with Crippen LogP contribution in [-0.2, 0) is 6.54 Å². The standard InChI is InChI=1S/C19H22N2O2/c1-3-4-11-21-16-10-12-23-18(16)13-17(21)19(22)20-14(2)15-8-6-5-7-9-15/h5-10,12-14H,3-4,11H2,1-2H3,(H,20,22). The minimum Gasteiger partial charge on any atom is -0.463 e. The Labute approximate surface area is 136 Å². The number of carbonyl (C=O) groups is 1. The molecule has 0 bridgehead atoms. The van der Waals surface area contributed by atoms with Crippen LogP contribution >= 0.6 is 0 Å². The highest BCUT2D eigenvalue weighted by Gasteiger charge is 2.19. The zero-order valence-electron chi connectivity index (χ0n) is 13.6. The largest absolute Gasteiger partial charge is 0.463 e. The van der Waals surface area contributed by atoms with Crippen molar-refractivity contribution in [3.63, 3.8) is 0 Å². The third kappa shape index (κ3) is 3.16. The van der Waals surface area contributed by atoms with Crippen LogP contribution in [0.3, 0.4) is 0 Å². The van der Waals surface area contributed by atoms with E-state index in [0.717, 1.165) is 36.0 Å². The number of aryl methyl sites for hydroxylation is 1. The maximum atomic E-state index is 12.7. The van der Waals surface area contributed by atoms with Crippen LogP contribution in [0, 0.1) is 0 Å². The summed E-state index contributed by atoms with van der Waals surface area (Å²) in [6.45, 7) is 4.96. The molecule has 3 aromatic rings. The molecule has 0 aliphatic rings. The number of hydrogen-bond donors (Lipinski definition) is 1. The Morgan fingerprint density at radius 3 is 2.78 bits per heavy atom. The van der Waals surface area contributed by atoms with E-state index in [1.54, 1.807) is 6.26 Å². The molecule has 1 N–H and O–H groups in total. The molecule has 23 heavy (non-hydrogen) atoms. The first-order chi connectivity index (χ1) is 11.2. The van der Waals surface area contributed by atoms with Gasteiger partial charge in [0, 0.05) is 18.7 Å². The van der Waals surface area contributed by atoms with Gasteiger partial charge in [0.25, 0.3) is 5.91 Å². The Morgan fingerprint density at radius 2 is 2.04 bits per heavy atom. The molecule has 4 nitrogen and oxygen atoms in total. The number of amides is 1. The summed E-state index contributed by atoms with van der Waals surface area (Å²) in [4.78, 5) is 12.7. The summed E-state index contributed by atoms with van der Waals surface area (Å²) in [6, 6.07) is 13.7. The van der Waals surface area contributed by atoms with Gasteiger partial charge in [0.05, 0.1) is 17.8 Å². The third-order valence-corrected chi connectivity index (χ3v) is 4.14. The molecule has 120 valence electrons. The average Bonchev–Trinajstić information content (AvgIpc) is 3.15. The minimum atomic E-state index is -0.0659. The number of unbranched alkanes of at least 4 members (excludes halogenated alkanes) is 1. The normalized spacial score (nSPS) is 12.4. The second-order valence-corrected chi connectivity index (χ2v) is 5.81. The molecule has 0 radical (unpaired) electrons. The van der Waals surface area contributed by atoms with Crippen molar-refractivity contribution in [3.8, 4) is 0 Å². The summed E-state index contributed by atoms with van der Waals surface area (Å²) in [5, 5.41) is 3.08. The topological polar surface area (TPSA) is 47.2 Å². The van der Waals surface area contributed by atoms with Crippen molar-refractivity contribution in [2.24, 2.45) is 0 Å². The zero-order valence-corrected chi connectivity index (χ0v) is 13.6. The van der Waals surface area contributed by atoms with Gasteiger partial charge in [-0.05, 0) is 18.9 Å². The van der Waals surface area contributed by atoms with Gasteiger partial charge in [0.1, 0.15) is 5.69 Å². The van der Waals surface area contributed by atoms with Crippen LogP contribution in [0.15, 0.2) is 53.1 Å². The Kier molecular flexibility index (Phi) is 4.51. The Morgan fingerprint density at radius 1 is 1.26 bits per heavy atom. The first-order valence-electron chi connectivity index (χ1n) is 8.13. The first-order valence-corrected chi connectivity index (χ1v) is 8.13. The summed E-state index contributed by atoms with van der Waals surface area (Å²) >= 11 is 0. The van der Waals surface area contributed by atoms with Crippen LogP contribution < -0.4 is 5.32 Å². The van der Waals surface area contributed by atoms with E-state index in [2.05, 4.69) is 16.8 Å². The maximum Gasteiger partial charge on any atom is 0.268 e. The number of benzene rings is 1. The minimum absolute atomic E-state index is 0.0375. The smallest absolute Gasteiger partial charge is 0.268 e. The molecular formula is C19H22N2O2. The van der Waals surface area contributed by atoms with E-state index in [9.17, 15) is 4.79 Å². The number of fused-ring (bicyclic) bond motifs is 1. The number of nitrogens with one attached hydrogen (secondary N) is 1. The van der Waals surface area contributed by atoms with Gasteiger partial charge in [0.15, 0.2) is 5.58 Å². The van der Waals surface area contributed by atoms with Crippen LogP contribution in [0.5, 0.6) is 0 Å². The second kappa shape index (κ2) is 6.73. The molecule has 0 saturated carbocycles. The van der Waals surface area contributed by atoms with E-state index < -0.39 is 0 Å². The Bertz CT molecular complexity index is 786. The Balaban J connectivity index is 1.84. The van der Waals surface area contributed by atoms with Gasteiger partial charge in [-0.25, -0.2) is 0 Å². The number of furan rings is 1. The van der Waals surface area contributed by atoms with Crippen molar-refractivity contribution >= 4 is 17.0 Å². The lowest BCUT2D eigenvalue weighted by Gasteiger charge is -2.15. The van der Waals surface area contributed by atoms with Gasteiger partial charge < -0.3 is 14.3 Å². The molecule has 0 aliphatic heterocycles. The van der Waals surface area contributed by atoms with Crippen molar-refractivity contribution in [1.29, 1.82) is 0 Å². The monoisotopic (exact) mass is 310 g/mol. The molecule has 0 spiro atoms. The van der Waals surface area contributed by atoms with E-state index in [1.165, 1.54) is 0 Å². The maximum absolute atomic E-state index is 12.7. The fourth-order valence-electron chi connectivity index (χ4n) is 2.82. The summed E-state index contributed by atoms with van der Waals surface area (Å²) in [5.41, 5.74) is 3.50. The third-order valence-electron chi connectivity index (χ3n) is 4.14. The molecule has 0 aliphatic carbocycles. The molecule has 1 amide bonds. The molecule has 4 heteroatoms. The second-order valence-electron chi connectivity index (χ2n) is 5.81. The lowest BCUT2D eigenvalue weighted by Crippen LogP contribution is -2.28. The molecule has 2 heterocycles. The van der Waals surface area contributed by atoms with Crippen LogP contribution in [0.25, 0.3) is 11.1 Å². The highest BCUT2D eigenvalue weighted by molar-refractivity contribution is 5.97. The summed E-state index contributed by atoms with van der Waals surface area (Å²) in [6.07, 6.45) is 3.78. The highest BCUT2D eigenvalue weighted by atomic mass is 16.3. The van der Waals surface area contributed by atoms with Gasteiger partial charge >= 0.3 is 0 Å². The molecule has 1 aromatic carbocycles. The Hall–Kier alpha value is -2.49. The van der Waals surface area contributed by atoms with E-state index in [0.29, 0.717) is 5.69 Å². The van der Waals surface area contributed by atoms with Crippen LogP contribution in [0.1, 0.15) is 48.8 Å². The first kappa shape index (κ1) is 15.4. The van der Waals surface area contributed by atoms with Gasteiger partial charge in [-0.15, -0.1) is 0 Å². The van der Waals surface area contributed by atoms with E-state index >= 15 is 0 Å². The van der Waals surface area contributed by atoms with Gasteiger partial charge in [0.2, 0.25) is 0 Å². The van der Waals surface area contributed by atoms with E-state index in [1.807, 2.05) is 49.4 Å². The van der Waals surface area contributed by atoms with Crippen molar-refractivity contribution in [2.45, 2.75) is 39.3 Å². The SMILES string of the molecule is CCCCn1c(C(=O)NC(C)c2ccccc2)cc2occc21. The molecule has 1 atom stereocenters. The highest BCUT2D eigenvalue weighted by Crippen LogP contribution is 2.22. The average molecular weight is 310 g/mol. The molecule has 0 fully saturated rings.